The van der Waals surface area contributed by atoms with Crippen molar-refractivity contribution >= 4 is 70.6 Å². The molecular weight excluding hydrogens is 750 g/mol. The lowest BCUT2D eigenvalue weighted by Gasteiger charge is -2.34. The van der Waals surface area contributed by atoms with Crippen LogP contribution in [0.5, 0.6) is 0 Å². The zero-order valence-corrected chi connectivity index (χ0v) is 29.7. The summed E-state index contributed by atoms with van der Waals surface area (Å²) >= 11 is 18.5. The number of nitrogens with two attached hydrogens (primary N) is 2. The quantitative estimate of drug-likeness (QED) is 0.155. The Hall–Kier alpha value is -4.15. The highest BCUT2D eigenvalue weighted by Crippen LogP contribution is 2.38. The Morgan fingerprint density at radius 1 is 0.654 bits per heavy atom. The first-order valence-corrected chi connectivity index (χ1v) is 17.1. The van der Waals surface area contributed by atoms with E-state index in [9.17, 15) is 27.2 Å². The molecule has 2 aliphatic heterocycles. The molecule has 10 nitrogen and oxygen atoms in total. The van der Waals surface area contributed by atoms with Gasteiger partial charge in [-0.2, -0.15) is 0 Å². The van der Waals surface area contributed by atoms with Crippen LogP contribution in [-0.4, -0.2) is 65.1 Å². The van der Waals surface area contributed by atoms with Gasteiger partial charge in [-0.1, -0.05) is 46.9 Å². The van der Waals surface area contributed by atoms with E-state index in [2.05, 4.69) is 14.9 Å². The summed E-state index contributed by atoms with van der Waals surface area (Å²) in [5, 5.41) is 18.5. The topological polar surface area (TPSA) is 159 Å². The second kappa shape index (κ2) is 18.6. The fraction of sp³-hybridized carbons (Fsp3) is 0.294. The normalized spacial score (nSPS) is 14.9. The maximum Gasteiger partial charge on any atom is 0.488 e. The molecule has 6 rings (SSSR count). The van der Waals surface area contributed by atoms with Crippen LogP contribution >= 0.6 is 34.8 Å². The highest BCUT2D eigenvalue weighted by atomic mass is 35.5. The number of anilines is 2. The molecule has 18 heteroatoms. The Morgan fingerprint density at radius 2 is 1.08 bits per heavy atom. The minimum atomic E-state index is -1.76. The zero-order chi connectivity index (χ0) is 38.1. The van der Waals surface area contributed by atoms with Crippen LogP contribution in [0.1, 0.15) is 25.7 Å². The molecular formula is C34H34BCl3F4N6O4. The molecule has 0 saturated carbocycles. The maximum atomic E-state index is 13.6. The number of nitrogens with zero attached hydrogens (tertiary/aromatic N) is 4. The standard InChI is InChI=1S/C17H16ClF2N3O.C11H13Cl2N3O.C6H5BF2O2/c18-13-9-22-8-12(11-1-2-14(19)15(20)7-11)16(13)23-5-3-10(4-6-23)17(21)24;12-8-5-15-6-9(13)10(8)16-3-1-7(2-4-16)11(14)17;8-5-2-1-4(7(10)11)3-6(5)9/h1-2,7-10H,3-6H2,(H2,21,24);5-7H,1-4H2,(H2,14,17);1-3,10-11H. The number of carbonyl (C=O) groups is 2. The van der Waals surface area contributed by atoms with E-state index in [1.54, 1.807) is 18.6 Å². The number of hydrogen-bond donors (Lipinski definition) is 4. The summed E-state index contributed by atoms with van der Waals surface area (Å²) in [6.45, 7) is 2.68. The second-order valence-electron chi connectivity index (χ2n) is 12.0. The Balaban J connectivity index is 0.000000188. The lowest BCUT2D eigenvalue weighted by atomic mass is 9.80. The van der Waals surface area contributed by atoms with E-state index in [1.807, 2.05) is 4.90 Å². The van der Waals surface area contributed by atoms with Gasteiger partial charge < -0.3 is 31.3 Å². The largest absolute Gasteiger partial charge is 0.488 e. The molecule has 0 spiro atoms. The van der Waals surface area contributed by atoms with Crippen LogP contribution in [-0.2, 0) is 9.59 Å². The third-order valence-corrected chi connectivity index (χ3v) is 9.43. The minimum Gasteiger partial charge on any atom is -0.423 e. The lowest BCUT2D eigenvalue weighted by molar-refractivity contribution is -0.123. The van der Waals surface area contributed by atoms with E-state index in [0.29, 0.717) is 57.8 Å². The van der Waals surface area contributed by atoms with E-state index in [1.165, 1.54) is 12.3 Å². The van der Waals surface area contributed by atoms with Gasteiger partial charge in [-0.15, -0.1) is 0 Å². The molecule has 0 radical (unpaired) electrons. The van der Waals surface area contributed by atoms with Crippen molar-refractivity contribution in [2.24, 2.45) is 23.3 Å². The van der Waals surface area contributed by atoms with E-state index in [4.69, 9.17) is 56.3 Å². The number of hydrogen-bond acceptors (Lipinski definition) is 8. The molecule has 2 amide bonds. The molecule has 0 aliphatic carbocycles. The number of primary amides is 2. The molecule has 2 aliphatic rings. The maximum absolute atomic E-state index is 13.6. The summed E-state index contributed by atoms with van der Waals surface area (Å²) in [5.74, 6) is -4.62. The van der Waals surface area contributed by atoms with Crippen LogP contribution in [0.15, 0.2) is 61.2 Å². The van der Waals surface area contributed by atoms with Crippen LogP contribution in [0.3, 0.4) is 0 Å². The van der Waals surface area contributed by atoms with E-state index in [0.717, 1.165) is 62.0 Å². The average molecular weight is 784 g/mol. The van der Waals surface area contributed by atoms with Crippen molar-refractivity contribution in [1.82, 2.24) is 9.97 Å². The molecule has 2 aromatic heterocycles. The molecule has 6 N–H and O–H groups in total. The Labute approximate surface area is 312 Å². The second-order valence-corrected chi connectivity index (χ2v) is 13.2. The molecule has 2 aromatic carbocycles. The fourth-order valence-corrected chi connectivity index (χ4v) is 6.66. The highest BCUT2D eigenvalue weighted by molar-refractivity contribution is 6.58. The van der Waals surface area contributed by atoms with E-state index in [-0.39, 0.29) is 29.1 Å². The summed E-state index contributed by atoms with van der Waals surface area (Å²) in [4.78, 5) is 34.5. The number of halogens is 7. The Kier molecular flexibility index (Phi) is 14.5. The summed E-state index contributed by atoms with van der Waals surface area (Å²) in [5.41, 5.74) is 13.2. The van der Waals surface area contributed by atoms with Crippen molar-refractivity contribution in [3.63, 3.8) is 0 Å². The molecule has 276 valence electrons. The molecule has 0 atom stereocenters. The SMILES string of the molecule is NC(=O)C1CCN(c2c(Cl)cncc2-c2ccc(F)c(F)c2)CC1.NC(=O)C1CCN(c2c(Cl)cncc2Cl)CC1.OB(O)c1ccc(F)c(F)c1. The van der Waals surface area contributed by atoms with Crippen LogP contribution in [0.4, 0.5) is 28.9 Å². The summed E-state index contributed by atoms with van der Waals surface area (Å²) < 4.78 is 51.3. The fourth-order valence-electron chi connectivity index (χ4n) is 5.78. The zero-order valence-electron chi connectivity index (χ0n) is 27.5. The van der Waals surface area contributed by atoms with Crippen LogP contribution in [0, 0.1) is 35.1 Å². The van der Waals surface area contributed by atoms with Crippen molar-refractivity contribution in [2.75, 3.05) is 36.0 Å². The molecule has 0 bridgehead atoms. The predicted octanol–water partition coefficient (Wildman–Crippen LogP) is 5.12. The predicted molar refractivity (Wildman–Crippen MR) is 193 cm³/mol. The van der Waals surface area contributed by atoms with E-state index >= 15 is 0 Å². The number of piperidine rings is 2. The number of rotatable bonds is 6. The molecule has 4 aromatic rings. The summed E-state index contributed by atoms with van der Waals surface area (Å²) in [7, 11) is -1.76. The van der Waals surface area contributed by atoms with Gasteiger partial charge in [0.05, 0.1) is 26.4 Å². The molecule has 0 unspecified atom stereocenters. The van der Waals surface area contributed by atoms with Crippen molar-refractivity contribution in [2.45, 2.75) is 25.7 Å². The van der Waals surface area contributed by atoms with Gasteiger partial charge in [-0.05, 0) is 61.0 Å². The van der Waals surface area contributed by atoms with E-state index < -0.39 is 30.4 Å². The van der Waals surface area contributed by atoms with Gasteiger partial charge in [0.1, 0.15) is 0 Å². The van der Waals surface area contributed by atoms with Crippen molar-refractivity contribution in [1.29, 1.82) is 0 Å². The first kappa shape index (κ1) is 40.6. The van der Waals surface area contributed by atoms with Crippen molar-refractivity contribution in [3.05, 3.63) is 99.5 Å². The highest BCUT2D eigenvalue weighted by Gasteiger charge is 2.27. The van der Waals surface area contributed by atoms with Crippen LogP contribution in [0.25, 0.3) is 11.1 Å². The number of benzene rings is 2. The van der Waals surface area contributed by atoms with Gasteiger partial charge in [0.15, 0.2) is 23.3 Å². The smallest absolute Gasteiger partial charge is 0.423 e. The van der Waals surface area contributed by atoms with Crippen LogP contribution in [0.2, 0.25) is 15.1 Å². The summed E-state index contributed by atoms with van der Waals surface area (Å²) in [6.07, 6.45) is 8.98. The minimum absolute atomic E-state index is 0.0364. The Morgan fingerprint density at radius 3 is 1.52 bits per heavy atom. The molecule has 4 heterocycles. The number of carbonyl (C=O) groups excluding carboxylic acids is 2. The third-order valence-electron chi connectivity index (χ3n) is 8.60. The Bertz CT molecular complexity index is 1860. The van der Waals surface area contributed by atoms with Gasteiger partial charge in [0.2, 0.25) is 11.8 Å². The van der Waals surface area contributed by atoms with Gasteiger partial charge in [0.25, 0.3) is 0 Å². The molecule has 2 saturated heterocycles. The van der Waals surface area contributed by atoms with Gasteiger partial charge in [0, 0.05) is 68.4 Å². The van der Waals surface area contributed by atoms with Gasteiger partial charge in [-0.3, -0.25) is 19.6 Å². The van der Waals surface area contributed by atoms with Gasteiger partial charge >= 0.3 is 7.12 Å². The van der Waals surface area contributed by atoms with Crippen molar-refractivity contribution < 1.29 is 37.2 Å². The number of aromatic nitrogens is 2. The van der Waals surface area contributed by atoms with Gasteiger partial charge in [-0.25, -0.2) is 17.6 Å². The first-order chi connectivity index (χ1) is 24.7. The van der Waals surface area contributed by atoms with Crippen molar-refractivity contribution in [3.8, 4) is 11.1 Å². The molecule has 52 heavy (non-hydrogen) atoms. The number of amides is 2. The number of pyridine rings is 2. The first-order valence-electron chi connectivity index (χ1n) is 15.9. The summed E-state index contributed by atoms with van der Waals surface area (Å²) in [6, 6.07) is 6.37. The lowest BCUT2D eigenvalue weighted by Crippen LogP contribution is -2.38. The van der Waals surface area contributed by atoms with Crippen LogP contribution < -0.4 is 26.7 Å². The monoisotopic (exact) mass is 782 g/mol. The average Bonchev–Trinajstić information content (AvgIpc) is 3.11. The molecule has 2 fully saturated rings. The third kappa shape index (κ3) is 10.5.